The summed E-state index contributed by atoms with van der Waals surface area (Å²) in [5, 5.41) is 0.897. The standard InChI is InChI=1S/C15H13Cl2NO3S/c16-12-7-4-11(5-8-12)6-9-15(19)18-22(20,21)14-3-1-2-13(17)10-14/h1-5,7-8,10H,6,9H2,(H,18,19). The summed E-state index contributed by atoms with van der Waals surface area (Å²) in [6, 6.07) is 12.8. The van der Waals surface area contributed by atoms with Crippen LogP contribution in [0.3, 0.4) is 0 Å². The monoisotopic (exact) mass is 357 g/mol. The van der Waals surface area contributed by atoms with Crippen molar-refractivity contribution in [1.29, 1.82) is 0 Å². The van der Waals surface area contributed by atoms with Crippen molar-refractivity contribution in [1.82, 2.24) is 4.72 Å². The zero-order chi connectivity index (χ0) is 16.2. The molecular formula is C15H13Cl2NO3S. The summed E-state index contributed by atoms with van der Waals surface area (Å²) < 4.78 is 26.1. The van der Waals surface area contributed by atoms with Crippen LogP contribution in [0.5, 0.6) is 0 Å². The number of benzene rings is 2. The lowest BCUT2D eigenvalue weighted by Crippen LogP contribution is -2.30. The maximum atomic E-state index is 12.0. The highest BCUT2D eigenvalue weighted by Gasteiger charge is 2.17. The first-order valence-corrected chi connectivity index (χ1v) is 8.66. The van der Waals surface area contributed by atoms with Crippen molar-refractivity contribution in [2.75, 3.05) is 0 Å². The van der Waals surface area contributed by atoms with Gasteiger partial charge in [-0.2, -0.15) is 0 Å². The third-order valence-corrected chi connectivity index (χ3v) is 4.77. The molecule has 0 atom stereocenters. The maximum absolute atomic E-state index is 12.0. The summed E-state index contributed by atoms with van der Waals surface area (Å²) in [5.41, 5.74) is 0.903. The molecule has 0 unspecified atom stereocenters. The van der Waals surface area contributed by atoms with E-state index in [9.17, 15) is 13.2 Å². The molecular weight excluding hydrogens is 345 g/mol. The van der Waals surface area contributed by atoms with E-state index in [2.05, 4.69) is 0 Å². The molecule has 1 N–H and O–H groups in total. The number of aryl methyl sites for hydroxylation is 1. The van der Waals surface area contributed by atoms with Gasteiger partial charge in [-0.1, -0.05) is 41.4 Å². The van der Waals surface area contributed by atoms with Crippen LogP contribution in [-0.4, -0.2) is 14.3 Å². The minimum Gasteiger partial charge on any atom is -0.274 e. The average molecular weight is 358 g/mol. The second-order valence-corrected chi connectivity index (χ2v) is 7.17. The molecule has 0 aliphatic heterocycles. The van der Waals surface area contributed by atoms with Gasteiger partial charge in [-0.3, -0.25) is 4.79 Å². The number of hydrogen-bond acceptors (Lipinski definition) is 3. The minimum absolute atomic E-state index is 0.0418. The van der Waals surface area contributed by atoms with Crippen LogP contribution in [0.4, 0.5) is 0 Å². The van der Waals surface area contributed by atoms with Crippen molar-refractivity contribution in [3.05, 3.63) is 64.1 Å². The van der Waals surface area contributed by atoms with E-state index in [1.165, 1.54) is 18.2 Å². The number of halogens is 2. The lowest BCUT2D eigenvalue weighted by Gasteiger charge is -2.07. The lowest BCUT2D eigenvalue weighted by atomic mass is 10.1. The smallest absolute Gasteiger partial charge is 0.264 e. The van der Waals surface area contributed by atoms with Crippen LogP contribution in [0.25, 0.3) is 0 Å². The molecule has 116 valence electrons. The molecule has 0 aliphatic carbocycles. The van der Waals surface area contributed by atoms with Gasteiger partial charge in [0.2, 0.25) is 5.91 Å². The second-order valence-electron chi connectivity index (χ2n) is 4.61. The first kappa shape index (κ1) is 16.8. The van der Waals surface area contributed by atoms with E-state index >= 15 is 0 Å². The predicted octanol–water partition coefficient (Wildman–Crippen LogP) is 3.43. The summed E-state index contributed by atoms with van der Waals surface area (Å²) in [7, 11) is -3.90. The number of rotatable bonds is 5. The third-order valence-electron chi connectivity index (χ3n) is 2.91. The van der Waals surface area contributed by atoms with Gasteiger partial charge in [0.05, 0.1) is 4.90 Å². The van der Waals surface area contributed by atoms with E-state index in [1.807, 2.05) is 4.72 Å². The van der Waals surface area contributed by atoms with Gasteiger partial charge in [0.1, 0.15) is 0 Å². The number of amides is 1. The maximum Gasteiger partial charge on any atom is 0.264 e. The molecule has 22 heavy (non-hydrogen) atoms. The van der Waals surface area contributed by atoms with Crippen LogP contribution in [0.1, 0.15) is 12.0 Å². The summed E-state index contributed by atoms with van der Waals surface area (Å²) in [6.07, 6.45) is 0.482. The van der Waals surface area contributed by atoms with Crippen LogP contribution in [-0.2, 0) is 21.2 Å². The van der Waals surface area contributed by atoms with E-state index in [1.54, 1.807) is 30.3 Å². The molecule has 0 saturated heterocycles. The molecule has 0 spiro atoms. The summed E-state index contributed by atoms with van der Waals surface area (Å²) in [4.78, 5) is 11.8. The molecule has 0 fully saturated rings. The molecule has 2 aromatic carbocycles. The van der Waals surface area contributed by atoms with E-state index < -0.39 is 15.9 Å². The van der Waals surface area contributed by atoms with Gasteiger partial charge in [-0.05, 0) is 42.3 Å². The molecule has 0 aliphatic rings. The van der Waals surface area contributed by atoms with Gasteiger partial charge in [0.15, 0.2) is 0 Å². The second kappa shape index (κ2) is 7.13. The van der Waals surface area contributed by atoms with Crippen molar-refractivity contribution in [2.24, 2.45) is 0 Å². The average Bonchev–Trinajstić information content (AvgIpc) is 2.46. The molecule has 0 bridgehead atoms. The van der Waals surface area contributed by atoms with Gasteiger partial charge in [0.25, 0.3) is 10.0 Å². The normalized spacial score (nSPS) is 11.2. The van der Waals surface area contributed by atoms with Crippen molar-refractivity contribution >= 4 is 39.1 Å². The fraction of sp³-hybridized carbons (Fsp3) is 0.133. The molecule has 0 saturated carbocycles. The van der Waals surface area contributed by atoms with E-state index in [4.69, 9.17) is 23.2 Å². The van der Waals surface area contributed by atoms with Crippen molar-refractivity contribution < 1.29 is 13.2 Å². The largest absolute Gasteiger partial charge is 0.274 e. The zero-order valence-corrected chi connectivity index (χ0v) is 13.8. The molecule has 0 heterocycles. The Morgan fingerprint density at radius 3 is 2.32 bits per heavy atom. The molecule has 0 aromatic heterocycles. The number of nitrogens with one attached hydrogen (secondary N) is 1. The van der Waals surface area contributed by atoms with Gasteiger partial charge >= 0.3 is 0 Å². The Labute approximate surface area is 139 Å². The summed E-state index contributed by atoms with van der Waals surface area (Å²) in [5.74, 6) is -0.574. The van der Waals surface area contributed by atoms with E-state index in [0.717, 1.165) is 5.56 Å². The SMILES string of the molecule is O=C(CCc1ccc(Cl)cc1)NS(=O)(=O)c1cccc(Cl)c1. The van der Waals surface area contributed by atoms with Gasteiger partial charge in [-0.25, -0.2) is 13.1 Å². The van der Waals surface area contributed by atoms with Crippen molar-refractivity contribution in [3.63, 3.8) is 0 Å². The Balaban J connectivity index is 1.97. The van der Waals surface area contributed by atoms with E-state index in [0.29, 0.717) is 11.4 Å². The van der Waals surface area contributed by atoms with Gasteiger partial charge in [-0.15, -0.1) is 0 Å². The fourth-order valence-corrected chi connectivity index (χ4v) is 3.24. The number of sulfonamides is 1. The molecule has 2 rings (SSSR count). The number of carbonyl (C=O) groups is 1. The summed E-state index contributed by atoms with van der Waals surface area (Å²) >= 11 is 11.5. The van der Waals surface area contributed by atoms with Gasteiger partial charge in [0, 0.05) is 16.5 Å². The van der Waals surface area contributed by atoms with Crippen LogP contribution in [0.15, 0.2) is 53.4 Å². The molecule has 0 radical (unpaired) electrons. The molecule has 4 nitrogen and oxygen atoms in total. The highest BCUT2D eigenvalue weighted by molar-refractivity contribution is 7.90. The fourth-order valence-electron chi connectivity index (χ4n) is 1.80. The quantitative estimate of drug-likeness (QED) is 0.891. The molecule has 7 heteroatoms. The number of carbonyl (C=O) groups excluding carboxylic acids is 1. The first-order valence-electron chi connectivity index (χ1n) is 6.42. The Kier molecular flexibility index (Phi) is 5.45. The molecule has 1 amide bonds. The van der Waals surface area contributed by atoms with Gasteiger partial charge < -0.3 is 0 Å². The topological polar surface area (TPSA) is 63.2 Å². The Bertz CT molecular complexity index is 774. The Morgan fingerprint density at radius 1 is 1.00 bits per heavy atom. The Morgan fingerprint density at radius 2 is 1.68 bits per heavy atom. The van der Waals surface area contributed by atoms with Crippen molar-refractivity contribution in [3.8, 4) is 0 Å². The highest BCUT2D eigenvalue weighted by Crippen LogP contribution is 2.15. The Hall–Kier alpha value is -1.56. The van der Waals surface area contributed by atoms with Crippen LogP contribution in [0.2, 0.25) is 10.0 Å². The summed E-state index contributed by atoms with van der Waals surface area (Å²) in [6.45, 7) is 0. The van der Waals surface area contributed by atoms with Crippen LogP contribution < -0.4 is 4.72 Å². The first-order chi connectivity index (χ1) is 10.4. The zero-order valence-electron chi connectivity index (χ0n) is 11.4. The van der Waals surface area contributed by atoms with E-state index in [-0.39, 0.29) is 16.3 Å². The third kappa shape index (κ3) is 4.73. The minimum atomic E-state index is -3.90. The van der Waals surface area contributed by atoms with Crippen LogP contribution >= 0.6 is 23.2 Å². The van der Waals surface area contributed by atoms with Crippen LogP contribution in [0, 0.1) is 0 Å². The number of hydrogen-bond donors (Lipinski definition) is 1. The van der Waals surface area contributed by atoms with Crippen molar-refractivity contribution in [2.45, 2.75) is 17.7 Å². The molecule has 2 aromatic rings. The highest BCUT2D eigenvalue weighted by atomic mass is 35.5. The lowest BCUT2D eigenvalue weighted by molar-refractivity contribution is -0.119. The predicted molar refractivity (Wildman–Crippen MR) is 86.6 cm³/mol.